The third kappa shape index (κ3) is 2.93. The van der Waals surface area contributed by atoms with Crippen molar-refractivity contribution in [2.75, 3.05) is 13.2 Å². The molecule has 2 heterocycles. The van der Waals surface area contributed by atoms with Gasteiger partial charge in [-0.1, -0.05) is 27.4 Å². The minimum absolute atomic E-state index is 0.138. The molecule has 0 radical (unpaired) electrons. The van der Waals surface area contributed by atoms with Crippen LogP contribution in [0.4, 0.5) is 0 Å². The van der Waals surface area contributed by atoms with Crippen molar-refractivity contribution in [1.29, 1.82) is 0 Å². The smallest absolute Gasteiger partial charge is 0.192 e. The van der Waals surface area contributed by atoms with Gasteiger partial charge in [0.05, 0.1) is 25.1 Å². The van der Waals surface area contributed by atoms with E-state index in [0.717, 1.165) is 30.6 Å². The monoisotopic (exact) mass is 348 g/mol. The van der Waals surface area contributed by atoms with Crippen LogP contribution in [0, 0.1) is 0 Å². The molecule has 24 heavy (non-hydrogen) atoms. The van der Waals surface area contributed by atoms with Crippen LogP contribution >= 0.6 is 0 Å². The van der Waals surface area contributed by atoms with Crippen molar-refractivity contribution in [1.82, 2.24) is 0 Å². The summed E-state index contributed by atoms with van der Waals surface area (Å²) in [5, 5.41) is 0.201. The quantitative estimate of drug-likeness (QED) is 0.649. The zero-order valence-electron chi connectivity index (χ0n) is 16.1. The fourth-order valence-electron chi connectivity index (χ4n) is 3.81. The van der Waals surface area contributed by atoms with Gasteiger partial charge in [-0.3, -0.25) is 0 Å². The van der Waals surface area contributed by atoms with E-state index in [-0.39, 0.29) is 16.7 Å². The topological polar surface area (TPSA) is 27.7 Å². The first-order valence-corrected chi connectivity index (χ1v) is 12.0. The van der Waals surface area contributed by atoms with Crippen LogP contribution in [0.2, 0.25) is 18.1 Å². The lowest BCUT2D eigenvalue weighted by molar-refractivity contribution is 0.0627. The Hall–Kier alpha value is -0.843. The minimum Gasteiger partial charge on any atom is -0.487 e. The van der Waals surface area contributed by atoms with E-state index in [0.29, 0.717) is 13.2 Å². The van der Waals surface area contributed by atoms with Gasteiger partial charge in [0.1, 0.15) is 5.60 Å². The van der Waals surface area contributed by atoms with Gasteiger partial charge < -0.3 is 13.9 Å². The maximum Gasteiger partial charge on any atom is 0.192 e. The average Bonchev–Trinajstić information content (AvgIpc) is 3.11. The normalized spacial score (nSPS) is 34.2. The molecule has 2 atom stereocenters. The Morgan fingerprint density at radius 1 is 1.29 bits per heavy atom. The molecule has 1 saturated heterocycles. The molecule has 1 aliphatic carbocycles. The molecule has 0 aromatic heterocycles. The van der Waals surface area contributed by atoms with Crippen LogP contribution in [0.25, 0.3) is 0 Å². The molecule has 1 saturated carbocycles. The van der Waals surface area contributed by atoms with Crippen LogP contribution in [-0.2, 0) is 13.9 Å². The highest BCUT2D eigenvalue weighted by Crippen LogP contribution is 2.51. The van der Waals surface area contributed by atoms with Crippen LogP contribution in [-0.4, -0.2) is 33.2 Å². The standard InChI is InChI=1S/C20H32O3Si/c1-14-12-21-13-16(14)18-17(23-24(6,7)19(3,4)5)9-11-20(18)10-8-15(2)22-20/h8,17H,1,9-13H2,2-7H3/b18-16-. The molecular weight excluding hydrogens is 316 g/mol. The number of allylic oxidation sites excluding steroid dienone is 1. The van der Waals surface area contributed by atoms with Gasteiger partial charge in [-0.25, -0.2) is 0 Å². The second kappa shape index (κ2) is 5.86. The van der Waals surface area contributed by atoms with Crippen molar-refractivity contribution < 1.29 is 13.9 Å². The molecular formula is C20H32O3Si. The Bertz CT molecular complexity index is 609. The van der Waals surface area contributed by atoms with E-state index in [1.54, 1.807) is 0 Å². The summed E-state index contributed by atoms with van der Waals surface area (Å²) in [4.78, 5) is 0. The molecule has 3 aliphatic rings. The van der Waals surface area contributed by atoms with E-state index < -0.39 is 8.32 Å². The SMILES string of the molecule is C=C1COC/C1=C1\C(O[Si](C)(C)C(C)(C)C)CCC12CC=C(C)O2. The highest BCUT2D eigenvalue weighted by molar-refractivity contribution is 6.74. The summed E-state index contributed by atoms with van der Waals surface area (Å²) in [5.41, 5.74) is 3.45. The highest BCUT2D eigenvalue weighted by Gasteiger charge is 2.52. The van der Waals surface area contributed by atoms with E-state index >= 15 is 0 Å². The largest absolute Gasteiger partial charge is 0.487 e. The van der Waals surface area contributed by atoms with Gasteiger partial charge in [-0.15, -0.1) is 0 Å². The average molecular weight is 349 g/mol. The van der Waals surface area contributed by atoms with E-state index in [2.05, 4.69) is 53.4 Å². The van der Waals surface area contributed by atoms with Crippen LogP contribution in [0.1, 0.15) is 47.0 Å². The Balaban J connectivity index is 1.97. The molecule has 4 heteroatoms. The molecule has 3 rings (SSSR count). The van der Waals surface area contributed by atoms with Crippen molar-refractivity contribution in [2.45, 2.75) is 76.8 Å². The summed E-state index contributed by atoms with van der Waals surface area (Å²) in [6.07, 6.45) is 5.35. The van der Waals surface area contributed by atoms with Crippen molar-refractivity contribution in [3.63, 3.8) is 0 Å². The number of hydrogen-bond acceptors (Lipinski definition) is 3. The van der Waals surface area contributed by atoms with Gasteiger partial charge in [0.2, 0.25) is 0 Å². The predicted octanol–water partition coefficient (Wildman–Crippen LogP) is 5.12. The fourth-order valence-corrected chi connectivity index (χ4v) is 5.11. The molecule has 0 aromatic carbocycles. The van der Waals surface area contributed by atoms with Crippen LogP contribution in [0.15, 0.2) is 35.1 Å². The molecule has 0 aromatic rings. The summed E-state index contributed by atoms with van der Waals surface area (Å²) < 4.78 is 18.9. The third-order valence-corrected chi connectivity index (χ3v) is 10.7. The molecule has 0 amide bonds. The van der Waals surface area contributed by atoms with E-state index in [9.17, 15) is 0 Å². The molecule has 3 nitrogen and oxygen atoms in total. The first kappa shape index (κ1) is 18.0. The number of rotatable bonds is 2. The van der Waals surface area contributed by atoms with Gasteiger partial charge in [-0.2, -0.15) is 0 Å². The van der Waals surface area contributed by atoms with Gasteiger partial charge in [-0.05, 0) is 55.1 Å². The predicted molar refractivity (Wildman–Crippen MR) is 100 cm³/mol. The van der Waals surface area contributed by atoms with Gasteiger partial charge >= 0.3 is 0 Å². The molecule has 2 unspecified atom stereocenters. The summed E-state index contributed by atoms with van der Waals surface area (Å²) >= 11 is 0. The minimum atomic E-state index is -1.85. The zero-order chi connectivity index (χ0) is 17.8. The first-order chi connectivity index (χ1) is 11.1. The van der Waals surface area contributed by atoms with Crippen LogP contribution < -0.4 is 0 Å². The Kier molecular flexibility index (Phi) is 4.38. The lowest BCUT2D eigenvalue weighted by Crippen LogP contribution is -2.45. The first-order valence-electron chi connectivity index (χ1n) is 9.09. The van der Waals surface area contributed by atoms with Crippen LogP contribution in [0.5, 0.6) is 0 Å². The van der Waals surface area contributed by atoms with E-state index in [1.807, 2.05) is 0 Å². The summed E-state index contributed by atoms with van der Waals surface area (Å²) in [7, 11) is -1.85. The lowest BCUT2D eigenvalue weighted by Gasteiger charge is -2.40. The van der Waals surface area contributed by atoms with Crippen molar-refractivity contribution in [3.05, 3.63) is 35.1 Å². The Morgan fingerprint density at radius 2 is 2.00 bits per heavy atom. The highest BCUT2D eigenvalue weighted by atomic mass is 28.4. The Labute approximate surface area is 147 Å². The fraction of sp³-hybridized carbons (Fsp3) is 0.700. The molecule has 2 fully saturated rings. The second-order valence-electron chi connectivity index (χ2n) is 9.01. The molecule has 0 bridgehead atoms. The maximum absolute atomic E-state index is 6.84. The maximum atomic E-state index is 6.84. The second-order valence-corrected chi connectivity index (χ2v) is 13.8. The summed E-state index contributed by atoms with van der Waals surface area (Å²) in [6.45, 7) is 19.1. The summed E-state index contributed by atoms with van der Waals surface area (Å²) in [6, 6.07) is 0. The van der Waals surface area contributed by atoms with Crippen molar-refractivity contribution in [2.24, 2.45) is 0 Å². The van der Waals surface area contributed by atoms with E-state index in [1.165, 1.54) is 11.1 Å². The third-order valence-electron chi connectivity index (χ3n) is 6.22. The van der Waals surface area contributed by atoms with Crippen molar-refractivity contribution in [3.8, 4) is 0 Å². The molecule has 0 N–H and O–H groups in total. The molecule has 1 spiro atoms. The van der Waals surface area contributed by atoms with Crippen molar-refractivity contribution >= 4 is 8.32 Å². The zero-order valence-corrected chi connectivity index (χ0v) is 17.1. The van der Waals surface area contributed by atoms with Crippen LogP contribution in [0.3, 0.4) is 0 Å². The van der Waals surface area contributed by atoms with Gasteiger partial charge in [0.15, 0.2) is 8.32 Å². The lowest BCUT2D eigenvalue weighted by atomic mass is 9.88. The molecule has 134 valence electrons. The van der Waals surface area contributed by atoms with Gasteiger partial charge in [0, 0.05) is 12.0 Å². The van der Waals surface area contributed by atoms with Gasteiger partial charge in [0.25, 0.3) is 0 Å². The summed E-state index contributed by atoms with van der Waals surface area (Å²) in [5.74, 6) is 1.03. The Morgan fingerprint density at radius 3 is 2.50 bits per heavy atom. The number of hydrogen-bond donors (Lipinski definition) is 0. The number of ether oxygens (including phenoxy) is 2. The molecule has 2 aliphatic heterocycles. The van der Waals surface area contributed by atoms with E-state index in [4.69, 9.17) is 13.9 Å².